The first-order valence-electron chi connectivity index (χ1n) is 9.50. The Balaban J connectivity index is 1.87. The van der Waals surface area contributed by atoms with Gasteiger partial charge in [0, 0.05) is 20.6 Å². The molecule has 0 aliphatic rings. The van der Waals surface area contributed by atoms with Gasteiger partial charge in [0.05, 0.1) is 11.4 Å². The third kappa shape index (κ3) is 4.01. The first-order valence-corrected chi connectivity index (χ1v) is 10.4. The van der Waals surface area contributed by atoms with Crippen LogP contribution in [0.1, 0.15) is 35.9 Å². The minimum Gasteiger partial charge on any atom is -0.349 e. The lowest BCUT2D eigenvalue weighted by molar-refractivity contribution is 0.0930. The van der Waals surface area contributed by atoms with Crippen LogP contribution in [-0.4, -0.2) is 44.6 Å². The third-order valence-electron chi connectivity index (χ3n) is 5.17. The Kier molecular flexibility index (Phi) is 6.29. The lowest BCUT2D eigenvalue weighted by Gasteiger charge is -2.29. The second kappa shape index (κ2) is 8.71. The van der Waals surface area contributed by atoms with Gasteiger partial charge in [-0.3, -0.25) is 23.6 Å². The molecular weight excluding hydrogens is 390 g/mol. The van der Waals surface area contributed by atoms with Crippen LogP contribution < -0.4 is 16.6 Å². The fourth-order valence-electron chi connectivity index (χ4n) is 3.45. The Morgan fingerprint density at radius 3 is 2.52 bits per heavy atom. The molecule has 0 spiro atoms. The van der Waals surface area contributed by atoms with Crippen LogP contribution in [0.3, 0.4) is 0 Å². The number of fused-ring (bicyclic) bond motifs is 1. The molecule has 8 nitrogen and oxygen atoms in total. The molecule has 9 heteroatoms. The predicted octanol–water partition coefficient (Wildman–Crippen LogP) is 1.51. The van der Waals surface area contributed by atoms with Crippen molar-refractivity contribution in [2.75, 3.05) is 19.6 Å². The molecule has 3 heterocycles. The molecule has 3 rings (SSSR count). The Labute approximate surface area is 172 Å². The maximum Gasteiger partial charge on any atom is 0.332 e. The lowest BCUT2D eigenvalue weighted by atomic mass is 10.1. The molecule has 0 aliphatic carbocycles. The fourth-order valence-corrected chi connectivity index (χ4v) is 4.15. The summed E-state index contributed by atoms with van der Waals surface area (Å²) in [5, 5.41) is 7.37. The second-order valence-corrected chi connectivity index (χ2v) is 7.56. The number of aryl methyl sites for hydroxylation is 1. The number of carbonyl (C=O) groups is 1. The Hall–Kier alpha value is -2.78. The lowest BCUT2D eigenvalue weighted by Crippen LogP contribution is -2.39. The first kappa shape index (κ1) is 20.9. The van der Waals surface area contributed by atoms with E-state index in [9.17, 15) is 14.4 Å². The second-order valence-electron chi connectivity index (χ2n) is 6.78. The standard InChI is InChI=1S/C20H25N5O3S/c1-5-25(6-2)16(13-9-10-29-12-13)11-21-18(26)15-8-7-14-17(22-15)23(3)20(28)24(4)19(14)27/h7-10,12,16H,5-6,11H2,1-4H3,(H,21,26). The predicted molar refractivity (Wildman–Crippen MR) is 115 cm³/mol. The number of pyridine rings is 1. The molecule has 0 saturated heterocycles. The van der Waals surface area contributed by atoms with Gasteiger partial charge >= 0.3 is 5.69 Å². The SMILES string of the molecule is CCN(CC)C(CNC(=O)c1ccc2c(=O)n(C)c(=O)n(C)c2n1)c1ccsc1. The van der Waals surface area contributed by atoms with E-state index in [1.165, 1.54) is 24.7 Å². The number of thiophene rings is 1. The molecule has 154 valence electrons. The summed E-state index contributed by atoms with van der Waals surface area (Å²) in [5.74, 6) is -0.340. The minimum atomic E-state index is -0.480. The van der Waals surface area contributed by atoms with E-state index in [1.807, 2.05) is 5.38 Å². The summed E-state index contributed by atoms with van der Waals surface area (Å²) in [7, 11) is 2.95. The van der Waals surface area contributed by atoms with Gasteiger partial charge in [0.1, 0.15) is 11.3 Å². The highest BCUT2D eigenvalue weighted by molar-refractivity contribution is 7.07. The number of aromatic nitrogens is 3. The molecule has 3 aromatic rings. The summed E-state index contributed by atoms with van der Waals surface area (Å²) >= 11 is 1.63. The van der Waals surface area contributed by atoms with Crippen molar-refractivity contribution < 1.29 is 4.79 Å². The molecule has 0 bridgehead atoms. The molecule has 1 atom stereocenters. The number of nitrogens with zero attached hydrogens (tertiary/aromatic N) is 4. The molecule has 29 heavy (non-hydrogen) atoms. The number of carbonyl (C=O) groups excluding carboxylic acids is 1. The smallest absolute Gasteiger partial charge is 0.332 e. The maximum atomic E-state index is 12.7. The first-order chi connectivity index (χ1) is 13.9. The highest BCUT2D eigenvalue weighted by Gasteiger charge is 2.20. The van der Waals surface area contributed by atoms with Crippen molar-refractivity contribution in [3.8, 4) is 0 Å². The monoisotopic (exact) mass is 415 g/mol. The van der Waals surface area contributed by atoms with Crippen molar-refractivity contribution in [1.29, 1.82) is 0 Å². The van der Waals surface area contributed by atoms with E-state index in [0.717, 1.165) is 23.2 Å². The molecule has 0 aromatic carbocycles. The average Bonchev–Trinajstić information content (AvgIpc) is 3.27. The van der Waals surface area contributed by atoms with Crippen LogP contribution >= 0.6 is 11.3 Å². The highest BCUT2D eigenvalue weighted by atomic mass is 32.1. The van der Waals surface area contributed by atoms with Gasteiger partial charge in [-0.2, -0.15) is 11.3 Å². The summed E-state index contributed by atoms with van der Waals surface area (Å²) in [4.78, 5) is 43.7. The molecule has 1 amide bonds. The summed E-state index contributed by atoms with van der Waals surface area (Å²) < 4.78 is 2.30. The molecule has 3 aromatic heterocycles. The highest BCUT2D eigenvalue weighted by Crippen LogP contribution is 2.22. The van der Waals surface area contributed by atoms with E-state index in [1.54, 1.807) is 17.4 Å². The Morgan fingerprint density at radius 2 is 1.90 bits per heavy atom. The summed E-state index contributed by atoms with van der Waals surface area (Å²) in [5.41, 5.74) is 0.623. The van der Waals surface area contributed by atoms with Crippen LogP contribution in [0.25, 0.3) is 11.0 Å². The van der Waals surface area contributed by atoms with Crippen molar-refractivity contribution in [3.05, 3.63) is 61.1 Å². The van der Waals surface area contributed by atoms with E-state index in [2.05, 4.69) is 40.5 Å². The quantitative estimate of drug-likeness (QED) is 0.632. The van der Waals surface area contributed by atoms with E-state index in [4.69, 9.17) is 0 Å². The van der Waals surface area contributed by atoms with Gasteiger partial charge in [0.15, 0.2) is 0 Å². The van der Waals surface area contributed by atoms with E-state index in [-0.39, 0.29) is 23.3 Å². The topological polar surface area (TPSA) is 89.2 Å². The molecule has 1 unspecified atom stereocenters. The van der Waals surface area contributed by atoms with E-state index >= 15 is 0 Å². The van der Waals surface area contributed by atoms with Crippen molar-refractivity contribution in [2.24, 2.45) is 14.1 Å². The third-order valence-corrected chi connectivity index (χ3v) is 5.87. The number of hydrogen-bond acceptors (Lipinski definition) is 6. The molecule has 0 aliphatic heterocycles. The fraction of sp³-hybridized carbons (Fsp3) is 0.400. The van der Waals surface area contributed by atoms with Gasteiger partial charge < -0.3 is 5.32 Å². The summed E-state index contributed by atoms with van der Waals surface area (Å²) in [6.07, 6.45) is 0. The van der Waals surface area contributed by atoms with Crippen LogP contribution in [0.4, 0.5) is 0 Å². The van der Waals surface area contributed by atoms with Gasteiger partial charge in [0.2, 0.25) is 0 Å². The van der Waals surface area contributed by atoms with E-state index in [0.29, 0.717) is 11.9 Å². The van der Waals surface area contributed by atoms with Gasteiger partial charge in [0.25, 0.3) is 11.5 Å². The van der Waals surface area contributed by atoms with Gasteiger partial charge in [-0.1, -0.05) is 13.8 Å². The number of hydrogen-bond donors (Lipinski definition) is 1. The average molecular weight is 416 g/mol. The minimum absolute atomic E-state index is 0.0669. The van der Waals surface area contributed by atoms with E-state index < -0.39 is 11.2 Å². The van der Waals surface area contributed by atoms with Crippen LogP contribution in [0.5, 0.6) is 0 Å². The number of nitrogens with one attached hydrogen (secondary N) is 1. The summed E-state index contributed by atoms with van der Waals surface area (Å²) in [6.45, 7) is 6.36. The van der Waals surface area contributed by atoms with Gasteiger partial charge in [-0.05, 0) is 47.6 Å². The Bertz CT molecular complexity index is 1130. The molecule has 0 fully saturated rings. The number of amides is 1. The van der Waals surface area contributed by atoms with Crippen LogP contribution in [0.2, 0.25) is 0 Å². The van der Waals surface area contributed by atoms with Crippen LogP contribution in [-0.2, 0) is 14.1 Å². The van der Waals surface area contributed by atoms with Crippen molar-refractivity contribution in [2.45, 2.75) is 19.9 Å². The zero-order valence-corrected chi connectivity index (χ0v) is 17.8. The molecule has 0 saturated carbocycles. The molecule has 1 N–H and O–H groups in total. The van der Waals surface area contributed by atoms with Crippen molar-refractivity contribution in [3.63, 3.8) is 0 Å². The van der Waals surface area contributed by atoms with Gasteiger partial charge in [-0.15, -0.1) is 0 Å². The maximum absolute atomic E-state index is 12.7. The van der Waals surface area contributed by atoms with Crippen molar-refractivity contribution in [1.82, 2.24) is 24.3 Å². The largest absolute Gasteiger partial charge is 0.349 e. The molecular formula is C20H25N5O3S. The number of likely N-dealkylation sites (N-methyl/N-ethyl adjacent to an activating group) is 1. The normalized spacial score (nSPS) is 12.4. The van der Waals surface area contributed by atoms with Crippen LogP contribution in [0, 0.1) is 0 Å². The van der Waals surface area contributed by atoms with Gasteiger partial charge in [-0.25, -0.2) is 9.78 Å². The van der Waals surface area contributed by atoms with Crippen LogP contribution in [0.15, 0.2) is 38.5 Å². The molecule has 0 radical (unpaired) electrons. The zero-order valence-electron chi connectivity index (χ0n) is 17.0. The Morgan fingerprint density at radius 1 is 1.17 bits per heavy atom. The zero-order chi connectivity index (χ0) is 21.1. The van der Waals surface area contributed by atoms with Crippen molar-refractivity contribution >= 4 is 28.3 Å². The number of rotatable bonds is 7. The summed E-state index contributed by atoms with van der Waals surface area (Å²) in [6, 6.07) is 5.19.